The van der Waals surface area contributed by atoms with Crippen molar-refractivity contribution < 1.29 is 4.74 Å². The highest BCUT2D eigenvalue weighted by Crippen LogP contribution is 2.29. The summed E-state index contributed by atoms with van der Waals surface area (Å²) in [4.78, 5) is 19.3. The molecule has 98 valence electrons. The summed E-state index contributed by atoms with van der Waals surface area (Å²) in [6.07, 6.45) is 1.68. The molecule has 4 nitrogen and oxygen atoms in total. The minimum absolute atomic E-state index is 0.0569. The van der Waals surface area contributed by atoms with Crippen molar-refractivity contribution in [2.24, 2.45) is 0 Å². The molecule has 2 heterocycles. The number of ether oxygens (including phenoxy) is 1. The van der Waals surface area contributed by atoms with E-state index in [1.807, 2.05) is 26.0 Å². The maximum atomic E-state index is 11.9. The SMILES string of the molecule is CCc1nc(-c2ccc3c(c2)CCO3)[nH]c(=O)c1C. The number of rotatable bonds is 2. The Kier molecular flexibility index (Phi) is 2.85. The lowest BCUT2D eigenvalue weighted by Crippen LogP contribution is -2.15. The predicted octanol–water partition coefficient (Wildman–Crippen LogP) is 2.24. The Morgan fingerprint density at radius 3 is 3.05 bits per heavy atom. The van der Waals surface area contributed by atoms with Crippen molar-refractivity contribution in [2.45, 2.75) is 26.7 Å². The summed E-state index contributed by atoms with van der Waals surface area (Å²) in [7, 11) is 0. The molecular formula is C15H16N2O2. The molecule has 1 aliphatic heterocycles. The number of aromatic amines is 1. The van der Waals surface area contributed by atoms with Crippen molar-refractivity contribution >= 4 is 0 Å². The number of aryl methyl sites for hydroxylation is 1. The van der Waals surface area contributed by atoms with Gasteiger partial charge in [-0.05, 0) is 37.1 Å². The summed E-state index contributed by atoms with van der Waals surface area (Å²) >= 11 is 0. The first kappa shape index (κ1) is 12.0. The first-order valence-corrected chi connectivity index (χ1v) is 6.55. The van der Waals surface area contributed by atoms with Crippen molar-refractivity contribution in [1.29, 1.82) is 0 Å². The van der Waals surface area contributed by atoms with E-state index in [1.54, 1.807) is 0 Å². The number of aromatic nitrogens is 2. The van der Waals surface area contributed by atoms with E-state index in [1.165, 1.54) is 5.56 Å². The van der Waals surface area contributed by atoms with Crippen molar-refractivity contribution in [3.8, 4) is 17.1 Å². The van der Waals surface area contributed by atoms with E-state index in [4.69, 9.17) is 4.74 Å². The fourth-order valence-corrected chi connectivity index (χ4v) is 2.39. The van der Waals surface area contributed by atoms with Crippen molar-refractivity contribution in [3.63, 3.8) is 0 Å². The molecule has 0 aliphatic carbocycles. The van der Waals surface area contributed by atoms with Crippen LogP contribution in [0.15, 0.2) is 23.0 Å². The Hall–Kier alpha value is -2.10. The number of hydrogen-bond donors (Lipinski definition) is 1. The first-order valence-electron chi connectivity index (χ1n) is 6.55. The zero-order valence-corrected chi connectivity index (χ0v) is 11.1. The molecule has 1 aromatic heterocycles. The highest BCUT2D eigenvalue weighted by Gasteiger charge is 2.14. The molecule has 1 N–H and O–H groups in total. The Bertz CT molecular complexity index is 689. The van der Waals surface area contributed by atoms with E-state index >= 15 is 0 Å². The van der Waals surface area contributed by atoms with E-state index in [9.17, 15) is 4.79 Å². The van der Waals surface area contributed by atoms with Crippen LogP contribution in [0.4, 0.5) is 0 Å². The fourth-order valence-electron chi connectivity index (χ4n) is 2.39. The fraction of sp³-hybridized carbons (Fsp3) is 0.333. The third-order valence-electron chi connectivity index (χ3n) is 3.55. The molecular weight excluding hydrogens is 240 g/mol. The van der Waals surface area contributed by atoms with Crippen LogP contribution in [0.2, 0.25) is 0 Å². The van der Waals surface area contributed by atoms with Crippen molar-refractivity contribution in [3.05, 3.63) is 45.4 Å². The molecule has 0 fully saturated rings. The molecule has 0 atom stereocenters. The highest BCUT2D eigenvalue weighted by atomic mass is 16.5. The van der Waals surface area contributed by atoms with E-state index in [0.29, 0.717) is 11.4 Å². The minimum Gasteiger partial charge on any atom is -0.493 e. The lowest BCUT2D eigenvalue weighted by atomic mass is 10.1. The average molecular weight is 256 g/mol. The molecule has 0 saturated heterocycles. The van der Waals surface area contributed by atoms with Crippen LogP contribution in [0.1, 0.15) is 23.7 Å². The van der Waals surface area contributed by atoms with Crippen LogP contribution in [0.5, 0.6) is 5.75 Å². The molecule has 2 aromatic rings. The van der Waals surface area contributed by atoms with Gasteiger partial charge in [0.25, 0.3) is 5.56 Å². The van der Waals surface area contributed by atoms with Gasteiger partial charge < -0.3 is 9.72 Å². The normalized spacial score (nSPS) is 13.2. The number of benzene rings is 1. The summed E-state index contributed by atoms with van der Waals surface area (Å²) in [6, 6.07) is 5.94. The number of nitrogens with zero attached hydrogens (tertiary/aromatic N) is 1. The molecule has 4 heteroatoms. The monoisotopic (exact) mass is 256 g/mol. The smallest absolute Gasteiger partial charge is 0.254 e. The maximum Gasteiger partial charge on any atom is 0.254 e. The van der Waals surface area contributed by atoms with Gasteiger partial charge in [-0.2, -0.15) is 0 Å². The number of fused-ring (bicyclic) bond motifs is 1. The Labute approximate surface area is 111 Å². The maximum absolute atomic E-state index is 11.9. The van der Waals surface area contributed by atoms with Gasteiger partial charge >= 0.3 is 0 Å². The second-order valence-corrected chi connectivity index (χ2v) is 4.76. The summed E-state index contributed by atoms with van der Waals surface area (Å²) in [5, 5.41) is 0. The van der Waals surface area contributed by atoms with E-state index in [0.717, 1.165) is 36.5 Å². The minimum atomic E-state index is -0.0569. The van der Waals surface area contributed by atoms with Gasteiger partial charge in [-0.15, -0.1) is 0 Å². The van der Waals surface area contributed by atoms with Crippen molar-refractivity contribution in [2.75, 3.05) is 6.61 Å². The second kappa shape index (κ2) is 4.53. The van der Waals surface area contributed by atoms with Gasteiger partial charge in [-0.1, -0.05) is 6.92 Å². The molecule has 1 aliphatic rings. The zero-order chi connectivity index (χ0) is 13.4. The van der Waals surface area contributed by atoms with Gasteiger partial charge in [0.2, 0.25) is 0 Å². The lowest BCUT2D eigenvalue weighted by Gasteiger charge is -2.07. The molecule has 0 saturated carbocycles. The van der Waals surface area contributed by atoms with Crippen LogP contribution < -0.4 is 10.3 Å². The molecule has 0 bridgehead atoms. The van der Waals surface area contributed by atoms with Gasteiger partial charge in [0.1, 0.15) is 11.6 Å². The second-order valence-electron chi connectivity index (χ2n) is 4.76. The molecule has 3 rings (SSSR count). The largest absolute Gasteiger partial charge is 0.493 e. The van der Waals surface area contributed by atoms with Crippen LogP contribution in [0.3, 0.4) is 0 Å². The standard InChI is InChI=1S/C15H16N2O2/c1-3-12-9(2)15(18)17-14(16-12)11-4-5-13-10(8-11)6-7-19-13/h4-5,8H,3,6-7H2,1-2H3,(H,16,17,18). The highest BCUT2D eigenvalue weighted by molar-refractivity contribution is 5.59. The summed E-state index contributed by atoms with van der Waals surface area (Å²) in [6.45, 7) is 4.55. The number of nitrogens with one attached hydrogen (secondary N) is 1. The van der Waals surface area contributed by atoms with Crippen LogP contribution in [0, 0.1) is 6.92 Å². The van der Waals surface area contributed by atoms with Gasteiger partial charge in [-0.25, -0.2) is 4.98 Å². The molecule has 0 amide bonds. The van der Waals surface area contributed by atoms with Gasteiger partial charge in [0.05, 0.1) is 12.3 Å². The lowest BCUT2D eigenvalue weighted by molar-refractivity contribution is 0.357. The van der Waals surface area contributed by atoms with Gasteiger partial charge in [0, 0.05) is 17.5 Å². The number of hydrogen-bond acceptors (Lipinski definition) is 3. The summed E-state index contributed by atoms with van der Waals surface area (Å²) in [5.41, 5.74) is 3.62. The first-order chi connectivity index (χ1) is 9.19. The van der Waals surface area contributed by atoms with Crippen molar-refractivity contribution in [1.82, 2.24) is 9.97 Å². The quantitative estimate of drug-likeness (QED) is 0.896. The van der Waals surface area contributed by atoms with E-state index < -0.39 is 0 Å². The zero-order valence-electron chi connectivity index (χ0n) is 11.1. The third-order valence-corrected chi connectivity index (χ3v) is 3.55. The predicted molar refractivity (Wildman–Crippen MR) is 73.6 cm³/mol. The van der Waals surface area contributed by atoms with Gasteiger partial charge in [0.15, 0.2) is 0 Å². The molecule has 1 aromatic carbocycles. The van der Waals surface area contributed by atoms with E-state index in [-0.39, 0.29) is 5.56 Å². The van der Waals surface area contributed by atoms with Gasteiger partial charge in [-0.3, -0.25) is 4.79 Å². The Morgan fingerprint density at radius 2 is 2.26 bits per heavy atom. The average Bonchev–Trinajstić information content (AvgIpc) is 2.89. The van der Waals surface area contributed by atoms with Crippen LogP contribution in [-0.4, -0.2) is 16.6 Å². The Morgan fingerprint density at radius 1 is 1.42 bits per heavy atom. The summed E-state index contributed by atoms with van der Waals surface area (Å²) in [5.74, 6) is 1.58. The molecule has 0 unspecified atom stereocenters. The molecule has 0 radical (unpaired) electrons. The number of H-pyrrole nitrogens is 1. The van der Waals surface area contributed by atoms with E-state index in [2.05, 4.69) is 16.0 Å². The van der Waals surface area contributed by atoms with Crippen LogP contribution in [-0.2, 0) is 12.8 Å². The molecule has 0 spiro atoms. The Balaban J connectivity index is 2.12. The summed E-state index contributed by atoms with van der Waals surface area (Å²) < 4.78 is 5.48. The van der Waals surface area contributed by atoms with Crippen LogP contribution in [0.25, 0.3) is 11.4 Å². The molecule has 19 heavy (non-hydrogen) atoms. The van der Waals surface area contributed by atoms with Crippen LogP contribution >= 0.6 is 0 Å². The third kappa shape index (κ3) is 2.03. The topological polar surface area (TPSA) is 55.0 Å².